The van der Waals surface area contributed by atoms with Crippen molar-refractivity contribution in [3.8, 4) is 0 Å². The van der Waals surface area contributed by atoms with Gasteiger partial charge in [0, 0.05) is 6.04 Å². The Hall–Kier alpha value is -0.400. The average molecular weight is 245 g/mol. The molecule has 1 nitrogen and oxygen atoms in total. The molecular formula is C12H16Cl2N. The van der Waals surface area contributed by atoms with Crippen LogP contribution in [0.1, 0.15) is 27.2 Å². The number of nitrogens with zero attached hydrogens (tertiary/aromatic N) is 1. The average Bonchev–Trinajstić information content (AvgIpc) is 2.11. The van der Waals surface area contributed by atoms with Crippen LogP contribution in [0.4, 0.5) is 5.69 Å². The van der Waals surface area contributed by atoms with Crippen molar-refractivity contribution in [1.29, 1.82) is 0 Å². The van der Waals surface area contributed by atoms with Gasteiger partial charge in [-0.05, 0) is 31.4 Å². The second kappa shape index (κ2) is 5.62. The van der Waals surface area contributed by atoms with Gasteiger partial charge in [-0.1, -0.05) is 43.1 Å². The number of rotatable bonds is 4. The van der Waals surface area contributed by atoms with Crippen LogP contribution in [0.15, 0.2) is 18.2 Å². The summed E-state index contributed by atoms with van der Waals surface area (Å²) in [5.41, 5.74) is 0.789. The Bertz CT molecular complexity index is 323. The van der Waals surface area contributed by atoms with E-state index in [0.717, 1.165) is 12.1 Å². The van der Waals surface area contributed by atoms with Gasteiger partial charge in [-0.2, -0.15) is 0 Å². The fourth-order valence-corrected chi connectivity index (χ4v) is 1.91. The van der Waals surface area contributed by atoms with E-state index >= 15 is 0 Å². The first-order valence-corrected chi connectivity index (χ1v) is 5.91. The zero-order valence-corrected chi connectivity index (χ0v) is 10.8. The van der Waals surface area contributed by atoms with Gasteiger partial charge in [-0.15, -0.1) is 0 Å². The maximum Gasteiger partial charge on any atom is 0.0844 e. The monoisotopic (exact) mass is 244 g/mol. The van der Waals surface area contributed by atoms with E-state index < -0.39 is 0 Å². The van der Waals surface area contributed by atoms with Crippen LogP contribution in [0.5, 0.6) is 0 Å². The fraction of sp³-hybridized carbons (Fsp3) is 0.500. The molecule has 0 heterocycles. The fourth-order valence-electron chi connectivity index (χ4n) is 1.56. The van der Waals surface area contributed by atoms with E-state index in [2.05, 4.69) is 26.1 Å². The molecule has 0 spiro atoms. The Morgan fingerprint density at radius 1 is 1.20 bits per heavy atom. The molecule has 1 atom stereocenters. The third-order valence-electron chi connectivity index (χ3n) is 2.10. The molecule has 0 N–H and O–H groups in total. The third-order valence-corrected chi connectivity index (χ3v) is 2.91. The van der Waals surface area contributed by atoms with Gasteiger partial charge in [0.15, 0.2) is 0 Å². The minimum absolute atomic E-state index is 0.279. The van der Waals surface area contributed by atoms with Crippen molar-refractivity contribution < 1.29 is 0 Å². The highest BCUT2D eigenvalue weighted by molar-refractivity contribution is 6.43. The lowest BCUT2D eigenvalue weighted by molar-refractivity contribution is 0.479. The number of benzene rings is 1. The molecule has 3 heteroatoms. The molecule has 0 aromatic heterocycles. The van der Waals surface area contributed by atoms with Crippen molar-refractivity contribution in [3.63, 3.8) is 0 Å². The van der Waals surface area contributed by atoms with Crippen LogP contribution < -0.4 is 5.32 Å². The van der Waals surface area contributed by atoms with E-state index in [4.69, 9.17) is 23.2 Å². The third kappa shape index (κ3) is 3.92. The van der Waals surface area contributed by atoms with Gasteiger partial charge in [0.25, 0.3) is 0 Å². The van der Waals surface area contributed by atoms with E-state index in [1.165, 1.54) is 0 Å². The Kier molecular flexibility index (Phi) is 4.75. The molecule has 83 valence electrons. The molecule has 0 saturated heterocycles. The summed E-state index contributed by atoms with van der Waals surface area (Å²) < 4.78 is 0. The molecule has 0 aliphatic carbocycles. The Balaban J connectivity index is 2.68. The lowest BCUT2D eigenvalue weighted by Gasteiger charge is -2.15. The Morgan fingerprint density at radius 2 is 1.87 bits per heavy atom. The summed E-state index contributed by atoms with van der Waals surface area (Å²) in [6.45, 7) is 6.47. The summed E-state index contributed by atoms with van der Waals surface area (Å²) in [6.07, 6.45) is 1.06. The lowest BCUT2D eigenvalue weighted by atomic mass is 10.1. The summed E-state index contributed by atoms with van der Waals surface area (Å²) in [5, 5.41) is 5.66. The topological polar surface area (TPSA) is 14.1 Å². The van der Waals surface area contributed by atoms with Crippen LogP contribution in [-0.4, -0.2) is 6.04 Å². The number of hydrogen-bond acceptors (Lipinski definition) is 0. The highest BCUT2D eigenvalue weighted by atomic mass is 35.5. The molecule has 1 unspecified atom stereocenters. The highest BCUT2D eigenvalue weighted by Crippen LogP contribution is 2.30. The van der Waals surface area contributed by atoms with Crippen molar-refractivity contribution in [2.45, 2.75) is 33.2 Å². The summed E-state index contributed by atoms with van der Waals surface area (Å²) >= 11 is 12.0. The zero-order chi connectivity index (χ0) is 11.4. The molecule has 0 saturated carbocycles. The molecule has 1 aromatic carbocycles. The van der Waals surface area contributed by atoms with E-state index in [1.807, 2.05) is 12.1 Å². The number of halogens is 2. The van der Waals surface area contributed by atoms with Gasteiger partial charge in [-0.3, -0.25) is 5.32 Å². The number of hydrogen-bond donors (Lipinski definition) is 0. The van der Waals surface area contributed by atoms with Crippen molar-refractivity contribution in [2.24, 2.45) is 5.92 Å². The first-order valence-electron chi connectivity index (χ1n) is 5.15. The van der Waals surface area contributed by atoms with Crippen LogP contribution in [0, 0.1) is 5.92 Å². The molecule has 0 aliphatic rings. The van der Waals surface area contributed by atoms with Crippen LogP contribution in [-0.2, 0) is 0 Å². The van der Waals surface area contributed by atoms with Crippen LogP contribution >= 0.6 is 23.2 Å². The molecule has 1 rings (SSSR count). The quantitative estimate of drug-likeness (QED) is 0.732. The van der Waals surface area contributed by atoms with Crippen molar-refractivity contribution in [3.05, 3.63) is 28.2 Å². The van der Waals surface area contributed by atoms with E-state index in [9.17, 15) is 0 Å². The maximum absolute atomic E-state index is 6.05. The van der Waals surface area contributed by atoms with Gasteiger partial charge in [0.05, 0.1) is 15.7 Å². The minimum Gasteiger partial charge on any atom is -0.281 e. The van der Waals surface area contributed by atoms with Crippen molar-refractivity contribution >= 4 is 28.9 Å². The molecule has 0 fully saturated rings. The second-order valence-corrected chi connectivity index (χ2v) is 4.97. The summed E-state index contributed by atoms with van der Waals surface area (Å²) in [6, 6.07) is 5.82. The summed E-state index contributed by atoms with van der Waals surface area (Å²) in [4.78, 5) is 0. The smallest absolute Gasteiger partial charge is 0.0844 e. The van der Waals surface area contributed by atoms with E-state index in [-0.39, 0.29) is 6.04 Å². The van der Waals surface area contributed by atoms with Gasteiger partial charge < -0.3 is 0 Å². The molecular weight excluding hydrogens is 229 g/mol. The predicted octanol–water partition coefficient (Wildman–Crippen LogP) is 4.66. The second-order valence-electron chi connectivity index (χ2n) is 4.18. The first kappa shape index (κ1) is 12.7. The maximum atomic E-state index is 6.05. The van der Waals surface area contributed by atoms with Gasteiger partial charge >= 0.3 is 0 Å². The lowest BCUT2D eigenvalue weighted by Crippen LogP contribution is -2.16. The first-order chi connectivity index (χ1) is 7.00. The molecule has 0 aliphatic heterocycles. The van der Waals surface area contributed by atoms with Crippen LogP contribution in [0.2, 0.25) is 10.0 Å². The zero-order valence-electron chi connectivity index (χ0n) is 9.30. The normalized spacial score (nSPS) is 12.9. The summed E-state index contributed by atoms with van der Waals surface area (Å²) in [5.74, 6) is 0.640. The molecule has 1 aromatic rings. The van der Waals surface area contributed by atoms with Crippen molar-refractivity contribution in [2.75, 3.05) is 0 Å². The van der Waals surface area contributed by atoms with E-state index in [0.29, 0.717) is 16.0 Å². The molecule has 1 radical (unpaired) electrons. The molecule has 0 bridgehead atoms. The van der Waals surface area contributed by atoms with Gasteiger partial charge in [0.2, 0.25) is 0 Å². The van der Waals surface area contributed by atoms with Crippen LogP contribution in [0.3, 0.4) is 0 Å². The van der Waals surface area contributed by atoms with Gasteiger partial charge in [-0.25, -0.2) is 0 Å². The summed E-state index contributed by atoms with van der Waals surface area (Å²) in [7, 11) is 0. The Labute approximate surface area is 102 Å². The van der Waals surface area contributed by atoms with Crippen molar-refractivity contribution in [1.82, 2.24) is 5.32 Å². The molecule has 0 amide bonds. The predicted molar refractivity (Wildman–Crippen MR) is 67.2 cm³/mol. The standard InChI is InChI=1S/C12H16Cl2N/c1-8(2)7-9(3)15-11-6-4-5-10(13)12(11)14/h4-6,8-9H,7H2,1-3H3. The SMILES string of the molecule is CC(C)CC(C)[N]c1cccc(Cl)c1Cl. The van der Waals surface area contributed by atoms with Gasteiger partial charge in [0.1, 0.15) is 0 Å². The van der Waals surface area contributed by atoms with E-state index in [1.54, 1.807) is 6.07 Å². The molecule has 15 heavy (non-hydrogen) atoms. The van der Waals surface area contributed by atoms with Crippen LogP contribution in [0.25, 0.3) is 0 Å². The Morgan fingerprint density at radius 3 is 2.47 bits per heavy atom. The highest BCUT2D eigenvalue weighted by Gasteiger charge is 2.10. The minimum atomic E-state index is 0.279. The largest absolute Gasteiger partial charge is 0.281 e.